The van der Waals surface area contributed by atoms with E-state index in [0.717, 1.165) is 12.5 Å². The van der Waals surface area contributed by atoms with Crippen LogP contribution in [0.4, 0.5) is 10.1 Å². The third kappa shape index (κ3) is 6.22. The predicted octanol–water partition coefficient (Wildman–Crippen LogP) is 2.84. The van der Waals surface area contributed by atoms with Crippen molar-refractivity contribution in [1.82, 2.24) is 0 Å². The van der Waals surface area contributed by atoms with Crippen molar-refractivity contribution in [3.05, 3.63) is 29.6 Å². The Bertz CT molecular complexity index is 531. The van der Waals surface area contributed by atoms with Crippen molar-refractivity contribution >= 4 is 17.6 Å². The van der Waals surface area contributed by atoms with Crippen molar-refractivity contribution in [2.45, 2.75) is 39.7 Å². The van der Waals surface area contributed by atoms with Crippen molar-refractivity contribution in [3.8, 4) is 0 Å². The minimum atomic E-state index is -1.11. The Kier molecular flexibility index (Phi) is 6.98. The normalized spacial score (nSPS) is 12.2. The Hall–Kier alpha value is -1.95. The lowest BCUT2D eigenvalue weighted by Crippen LogP contribution is -2.28. The first-order valence-corrected chi connectivity index (χ1v) is 7.22. The van der Waals surface area contributed by atoms with Gasteiger partial charge in [-0.2, -0.15) is 0 Å². The summed E-state index contributed by atoms with van der Waals surface area (Å²) in [7, 11) is 0. The second kappa shape index (κ2) is 8.48. The summed E-state index contributed by atoms with van der Waals surface area (Å²) in [5, 5.41) is 11.2. The molecule has 1 aromatic rings. The van der Waals surface area contributed by atoms with Crippen molar-refractivity contribution in [2.24, 2.45) is 5.92 Å². The Morgan fingerprint density at radius 2 is 2.00 bits per heavy atom. The van der Waals surface area contributed by atoms with Crippen LogP contribution >= 0.6 is 0 Å². The van der Waals surface area contributed by atoms with Gasteiger partial charge in [-0.1, -0.05) is 19.9 Å². The molecule has 0 fully saturated rings. The predicted molar refractivity (Wildman–Crippen MR) is 81.2 cm³/mol. The SMILES string of the molecule is CC(C)CCOC(C)C(=O)Nc1ccc(CC(=O)O)c(F)c1. The van der Waals surface area contributed by atoms with Gasteiger partial charge in [-0.15, -0.1) is 0 Å². The van der Waals surface area contributed by atoms with E-state index < -0.39 is 24.3 Å². The van der Waals surface area contributed by atoms with Crippen LogP contribution in [0.1, 0.15) is 32.8 Å². The molecule has 1 atom stereocenters. The van der Waals surface area contributed by atoms with Crippen LogP contribution in [0.25, 0.3) is 0 Å². The maximum absolute atomic E-state index is 13.7. The third-order valence-corrected chi connectivity index (χ3v) is 3.09. The van der Waals surface area contributed by atoms with Gasteiger partial charge in [0.1, 0.15) is 11.9 Å². The Morgan fingerprint density at radius 1 is 1.32 bits per heavy atom. The highest BCUT2D eigenvalue weighted by molar-refractivity contribution is 5.93. The molecule has 0 radical (unpaired) electrons. The molecule has 0 saturated carbocycles. The van der Waals surface area contributed by atoms with E-state index in [2.05, 4.69) is 19.2 Å². The second-order valence-electron chi connectivity index (χ2n) is 5.56. The molecule has 0 heterocycles. The van der Waals surface area contributed by atoms with Crippen molar-refractivity contribution in [1.29, 1.82) is 0 Å². The molecule has 0 bridgehead atoms. The van der Waals surface area contributed by atoms with E-state index in [4.69, 9.17) is 9.84 Å². The monoisotopic (exact) mass is 311 g/mol. The summed E-state index contributed by atoms with van der Waals surface area (Å²) in [5.41, 5.74) is 0.350. The molecule has 0 spiro atoms. The quantitative estimate of drug-likeness (QED) is 0.774. The number of carbonyl (C=O) groups excluding carboxylic acids is 1. The van der Waals surface area contributed by atoms with Crippen LogP contribution in [0, 0.1) is 11.7 Å². The van der Waals surface area contributed by atoms with Crippen molar-refractivity contribution in [2.75, 3.05) is 11.9 Å². The number of aliphatic carboxylic acids is 1. The first-order valence-electron chi connectivity index (χ1n) is 7.22. The average Bonchev–Trinajstić information content (AvgIpc) is 2.40. The van der Waals surface area contributed by atoms with E-state index in [0.29, 0.717) is 12.5 Å². The smallest absolute Gasteiger partial charge is 0.307 e. The average molecular weight is 311 g/mol. The highest BCUT2D eigenvalue weighted by Gasteiger charge is 2.15. The number of amides is 1. The van der Waals surface area contributed by atoms with Gasteiger partial charge in [0.25, 0.3) is 5.91 Å². The van der Waals surface area contributed by atoms with Crippen molar-refractivity contribution < 1.29 is 23.8 Å². The number of rotatable bonds is 8. The topological polar surface area (TPSA) is 75.6 Å². The fraction of sp³-hybridized carbons (Fsp3) is 0.500. The van der Waals surface area contributed by atoms with Crippen LogP contribution in [0.15, 0.2) is 18.2 Å². The van der Waals surface area contributed by atoms with Gasteiger partial charge >= 0.3 is 5.97 Å². The maximum atomic E-state index is 13.7. The molecule has 1 unspecified atom stereocenters. The van der Waals surface area contributed by atoms with E-state index >= 15 is 0 Å². The van der Waals surface area contributed by atoms with Crippen LogP contribution in [-0.2, 0) is 20.7 Å². The first-order chi connectivity index (χ1) is 10.3. The zero-order valence-electron chi connectivity index (χ0n) is 13.1. The fourth-order valence-electron chi connectivity index (χ4n) is 1.73. The number of benzene rings is 1. The molecule has 1 amide bonds. The van der Waals surface area contributed by atoms with E-state index in [-0.39, 0.29) is 17.2 Å². The highest BCUT2D eigenvalue weighted by atomic mass is 19.1. The second-order valence-corrected chi connectivity index (χ2v) is 5.56. The van der Waals surface area contributed by atoms with Crippen LogP contribution in [-0.4, -0.2) is 29.7 Å². The third-order valence-electron chi connectivity index (χ3n) is 3.09. The van der Waals surface area contributed by atoms with E-state index in [1.165, 1.54) is 12.1 Å². The lowest BCUT2D eigenvalue weighted by Gasteiger charge is -2.14. The summed E-state index contributed by atoms with van der Waals surface area (Å²) >= 11 is 0. The summed E-state index contributed by atoms with van der Waals surface area (Å²) in [5.74, 6) is -1.64. The number of ether oxygens (including phenoxy) is 1. The molecular formula is C16H22FNO4. The van der Waals surface area contributed by atoms with Gasteiger partial charge in [0.15, 0.2) is 0 Å². The number of halogens is 1. The minimum Gasteiger partial charge on any atom is -0.481 e. The Morgan fingerprint density at radius 3 is 2.55 bits per heavy atom. The van der Waals surface area contributed by atoms with Gasteiger partial charge in [-0.3, -0.25) is 9.59 Å². The molecule has 0 saturated heterocycles. The molecule has 6 heteroatoms. The van der Waals surface area contributed by atoms with Gasteiger partial charge in [-0.25, -0.2) is 4.39 Å². The molecule has 0 aromatic heterocycles. The van der Waals surface area contributed by atoms with Gasteiger partial charge in [0.05, 0.1) is 6.42 Å². The summed E-state index contributed by atoms with van der Waals surface area (Å²) in [4.78, 5) is 22.5. The van der Waals surface area contributed by atoms with E-state index in [9.17, 15) is 14.0 Å². The number of carboxylic acid groups (broad SMARTS) is 1. The minimum absolute atomic E-state index is 0.0757. The van der Waals surface area contributed by atoms with Crippen molar-refractivity contribution in [3.63, 3.8) is 0 Å². The van der Waals surface area contributed by atoms with Gasteiger partial charge in [0, 0.05) is 12.3 Å². The molecule has 2 N–H and O–H groups in total. The molecule has 0 aliphatic carbocycles. The molecule has 5 nitrogen and oxygen atoms in total. The first kappa shape index (κ1) is 18.1. The Balaban J connectivity index is 2.57. The molecular weight excluding hydrogens is 289 g/mol. The van der Waals surface area contributed by atoms with Crippen LogP contribution < -0.4 is 5.32 Å². The number of hydrogen-bond donors (Lipinski definition) is 2. The van der Waals surface area contributed by atoms with Gasteiger partial charge < -0.3 is 15.2 Å². The molecule has 1 aromatic carbocycles. The van der Waals surface area contributed by atoms with E-state index in [1.807, 2.05) is 0 Å². The molecule has 122 valence electrons. The van der Waals surface area contributed by atoms with Crippen LogP contribution in [0.2, 0.25) is 0 Å². The number of anilines is 1. The number of nitrogens with one attached hydrogen (secondary N) is 1. The fourth-order valence-corrected chi connectivity index (χ4v) is 1.73. The van der Waals surface area contributed by atoms with E-state index in [1.54, 1.807) is 6.92 Å². The molecule has 0 aliphatic rings. The van der Waals surface area contributed by atoms with Gasteiger partial charge in [-0.05, 0) is 37.0 Å². The summed E-state index contributed by atoms with van der Waals surface area (Å²) < 4.78 is 19.1. The lowest BCUT2D eigenvalue weighted by atomic mass is 10.1. The Labute approximate surface area is 129 Å². The van der Waals surface area contributed by atoms with Crippen LogP contribution in [0.5, 0.6) is 0 Å². The lowest BCUT2D eigenvalue weighted by molar-refractivity contribution is -0.136. The summed E-state index contributed by atoms with van der Waals surface area (Å²) in [6.07, 6.45) is -0.175. The number of carboxylic acids is 1. The molecule has 1 rings (SSSR count). The highest BCUT2D eigenvalue weighted by Crippen LogP contribution is 2.16. The zero-order chi connectivity index (χ0) is 16.7. The molecule has 0 aliphatic heterocycles. The van der Waals surface area contributed by atoms with Gasteiger partial charge in [0.2, 0.25) is 0 Å². The summed E-state index contributed by atoms with van der Waals surface area (Å²) in [6.45, 7) is 6.24. The maximum Gasteiger partial charge on any atom is 0.307 e. The largest absolute Gasteiger partial charge is 0.481 e. The zero-order valence-corrected chi connectivity index (χ0v) is 13.1. The standard InChI is InChI=1S/C16H22FNO4/c1-10(2)6-7-22-11(3)16(21)18-13-5-4-12(8-15(19)20)14(17)9-13/h4-5,9-11H,6-8H2,1-3H3,(H,18,21)(H,19,20). The van der Waals surface area contributed by atoms with Crippen LogP contribution in [0.3, 0.4) is 0 Å². The molecule has 22 heavy (non-hydrogen) atoms. The number of hydrogen-bond acceptors (Lipinski definition) is 3. The number of carbonyl (C=O) groups is 2. The summed E-state index contributed by atoms with van der Waals surface area (Å²) in [6, 6.07) is 3.93.